The number of amides is 1. The number of hydrogen-bond donors (Lipinski definition) is 1. The lowest BCUT2D eigenvalue weighted by atomic mass is 9.94. The molecule has 0 saturated carbocycles. The van der Waals surface area contributed by atoms with E-state index in [4.69, 9.17) is 4.74 Å². The standard InChI is InChI=1S/C16H22N2O2/c1-20-15-7-3-2-5-12(15)9-16(19)18-10-13-6-4-8-17-14(13)11-18/h2-3,5,7,13-14,17H,4,6,8-11H2,1H3/t13-,14+/m0/s1. The summed E-state index contributed by atoms with van der Waals surface area (Å²) in [6.45, 7) is 2.86. The molecule has 1 N–H and O–H groups in total. The Balaban J connectivity index is 1.65. The fraction of sp³-hybridized carbons (Fsp3) is 0.562. The van der Waals surface area contributed by atoms with Gasteiger partial charge in [0, 0.05) is 24.7 Å². The van der Waals surface area contributed by atoms with Crippen molar-refractivity contribution in [1.29, 1.82) is 0 Å². The van der Waals surface area contributed by atoms with Gasteiger partial charge in [-0.05, 0) is 31.4 Å². The van der Waals surface area contributed by atoms with Gasteiger partial charge < -0.3 is 15.0 Å². The molecule has 1 aromatic carbocycles. The Bertz CT molecular complexity index is 475. The molecule has 2 atom stereocenters. The summed E-state index contributed by atoms with van der Waals surface area (Å²) in [5.41, 5.74) is 0.975. The highest BCUT2D eigenvalue weighted by atomic mass is 16.5. The molecule has 4 nitrogen and oxygen atoms in total. The van der Waals surface area contributed by atoms with Gasteiger partial charge in [-0.2, -0.15) is 0 Å². The minimum absolute atomic E-state index is 0.214. The molecule has 0 bridgehead atoms. The van der Waals surface area contributed by atoms with Crippen molar-refractivity contribution in [1.82, 2.24) is 10.2 Å². The Morgan fingerprint density at radius 2 is 2.25 bits per heavy atom. The van der Waals surface area contributed by atoms with E-state index in [0.717, 1.165) is 30.9 Å². The van der Waals surface area contributed by atoms with Crippen molar-refractivity contribution in [2.45, 2.75) is 25.3 Å². The first-order valence-corrected chi connectivity index (χ1v) is 7.41. The molecule has 0 aromatic heterocycles. The van der Waals surface area contributed by atoms with E-state index in [9.17, 15) is 4.79 Å². The second kappa shape index (κ2) is 5.83. The molecular formula is C16H22N2O2. The lowest BCUT2D eigenvalue weighted by Gasteiger charge is -2.24. The minimum atomic E-state index is 0.214. The van der Waals surface area contributed by atoms with Crippen LogP contribution in [0.3, 0.4) is 0 Å². The largest absolute Gasteiger partial charge is 0.496 e. The molecule has 1 amide bonds. The van der Waals surface area contributed by atoms with Crippen molar-refractivity contribution >= 4 is 5.91 Å². The van der Waals surface area contributed by atoms with Crippen LogP contribution in [0, 0.1) is 5.92 Å². The van der Waals surface area contributed by atoms with E-state index in [2.05, 4.69) is 5.32 Å². The molecule has 108 valence electrons. The van der Waals surface area contributed by atoms with Crippen LogP contribution in [-0.4, -0.2) is 43.6 Å². The molecule has 2 aliphatic heterocycles. The second-order valence-electron chi connectivity index (χ2n) is 5.75. The number of ether oxygens (including phenoxy) is 1. The number of carbonyl (C=O) groups excluding carboxylic acids is 1. The van der Waals surface area contributed by atoms with Crippen molar-refractivity contribution in [2.75, 3.05) is 26.7 Å². The van der Waals surface area contributed by atoms with Crippen LogP contribution in [0.25, 0.3) is 0 Å². The lowest BCUT2D eigenvalue weighted by molar-refractivity contribution is -0.129. The summed E-state index contributed by atoms with van der Waals surface area (Å²) in [6, 6.07) is 8.27. The molecule has 2 saturated heterocycles. The van der Waals surface area contributed by atoms with Crippen LogP contribution in [0.4, 0.5) is 0 Å². The highest BCUT2D eigenvalue weighted by molar-refractivity contribution is 5.80. The smallest absolute Gasteiger partial charge is 0.227 e. The van der Waals surface area contributed by atoms with Gasteiger partial charge in [0.1, 0.15) is 5.75 Å². The molecular weight excluding hydrogens is 252 g/mol. The first kappa shape index (κ1) is 13.4. The fourth-order valence-corrected chi connectivity index (χ4v) is 3.37. The van der Waals surface area contributed by atoms with Crippen LogP contribution >= 0.6 is 0 Å². The number of likely N-dealkylation sites (tertiary alicyclic amines) is 1. The molecule has 0 spiro atoms. The fourth-order valence-electron chi connectivity index (χ4n) is 3.37. The number of benzene rings is 1. The highest BCUT2D eigenvalue weighted by Gasteiger charge is 2.36. The first-order chi connectivity index (χ1) is 9.78. The number of piperidine rings is 1. The monoisotopic (exact) mass is 274 g/mol. The quantitative estimate of drug-likeness (QED) is 0.907. The topological polar surface area (TPSA) is 41.6 Å². The van der Waals surface area contributed by atoms with Crippen molar-refractivity contribution in [3.8, 4) is 5.75 Å². The van der Waals surface area contributed by atoms with E-state index in [1.807, 2.05) is 29.2 Å². The van der Waals surface area contributed by atoms with E-state index in [1.165, 1.54) is 12.8 Å². The summed E-state index contributed by atoms with van der Waals surface area (Å²) in [5, 5.41) is 3.53. The van der Waals surface area contributed by atoms with Gasteiger partial charge in [-0.15, -0.1) is 0 Å². The Hall–Kier alpha value is -1.55. The molecule has 3 rings (SSSR count). The molecule has 0 unspecified atom stereocenters. The minimum Gasteiger partial charge on any atom is -0.496 e. The number of methoxy groups -OCH3 is 1. The van der Waals surface area contributed by atoms with Crippen LogP contribution in [0.1, 0.15) is 18.4 Å². The van der Waals surface area contributed by atoms with Crippen LogP contribution in [0.15, 0.2) is 24.3 Å². The number of nitrogens with one attached hydrogen (secondary N) is 1. The molecule has 1 aromatic rings. The molecule has 2 aliphatic rings. The maximum atomic E-state index is 12.5. The summed E-state index contributed by atoms with van der Waals surface area (Å²) in [5.74, 6) is 1.66. The van der Waals surface area contributed by atoms with Gasteiger partial charge in [-0.1, -0.05) is 18.2 Å². The predicted molar refractivity (Wildman–Crippen MR) is 77.8 cm³/mol. The van der Waals surface area contributed by atoms with Crippen molar-refractivity contribution in [3.05, 3.63) is 29.8 Å². The van der Waals surface area contributed by atoms with E-state index in [-0.39, 0.29) is 5.91 Å². The average Bonchev–Trinajstić information content (AvgIpc) is 2.92. The van der Waals surface area contributed by atoms with Gasteiger partial charge in [-0.3, -0.25) is 4.79 Å². The SMILES string of the molecule is COc1ccccc1CC(=O)N1C[C@@H]2CCCN[C@@H]2C1. The number of carbonyl (C=O) groups is 1. The van der Waals surface area contributed by atoms with Gasteiger partial charge >= 0.3 is 0 Å². The van der Waals surface area contributed by atoms with Gasteiger partial charge in [0.05, 0.1) is 13.5 Å². The normalized spacial score (nSPS) is 25.4. The molecule has 2 fully saturated rings. The Kier molecular flexibility index (Phi) is 3.92. The number of hydrogen-bond acceptors (Lipinski definition) is 3. The zero-order valence-electron chi connectivity index (χ0n) is 12.0. The van der Waals surface area contributed by atoms with Crippen LogP contribution in [0.5, 0.6) is 5.75 Å². The molecule has 2 heterocycles. The van der Waals surface area contributed by atoms with E-state index in [0.29, 0.717) is 18.4 Å². The third-order valence-electron chi connectivity index (χ3n) is 4.49. The predicted octanol–water partition coefficient (Wildman–Crippen LogP) is 1.45. The van der Waals surface area contributed by atoms with E-state index >= 15 is 0 Å². The van der Waals surface area contributed by atoms with Crippen LogP contribution < -0.4 is 10.1 Å². The second-order valence-corrected chi connectivity index (χ2v) is 5.75. The summed E-state index contributed by atoms with van der Waals surface area (Å²) < 4.78 is 5.32. The molecule has 0 aliphatic carbocycles. The summed E-state index contributed by atoms with van der Waals surface area (Å²) in [6.07, 6.45) is 2.91. The third kappa shape index (κ3) is 2.66. The number of rotatable bonds is 3. The van der Waals surface area contributed by atoms with Gasteiger partial charge in [0.15, 0.2) is 0 Å². The molecule has 4 heteroatoms. The van der Waals surface area contributed by atoms with E-state index in [1.54, 1.807) is 7.11 Å². The van der Waals surface area contributed by atoms with E-state index < -0.39 is 0 Å². The maximum Gasteiger partial charge on any atom is 0.227 e. The highest BCUT2D eigenvalue weighted by Crippen LogP contribution is 2.26. The maximum absolute atomic E-state index is 12.5. The zero-order chi connectivity index (χ0) is 13.9. The van der Waals surface area contributed by atoms with Gasteiger partial charge in [-0.25, -0.2) is 0 Å². The van der Waals surface area contributed by atoms with Gasteiger partial charge in [0.25, 0.3) is 0 Å². The molecule has 20 heavy (non-hydrogen) atoms. The third-order valence-corrected chi connectivity index (χ3v) is 4.49. The van der Waals surface area contributed by atoms with Crippen LogP contribution in [-0.2, 0) is 11.2 Å². The Morgan fingerprint density at radius 1 is 1.40 bits per heavy atom. The summed E-state index contributed by atoms with van der Waals surface area (Å²) >= 11 is 0. The average molecular weight is 274 g/mol. The van der Waals surface area contributed by atoms with Crippen molar-refractivity contribution < 1.29 is 9.53 Å². The number of nitrogens with zero attached hydrogens (tertiary/aromatic N) is 1. The van der Waals surface area contributed by atoms with Crippen LogP contribution in [0.2, 0.25) is 0 Å². The summed E-state index contributed by atoms with van der Waals surface area (Å²) in [7, 11) is 1.65. The van der Waals surface area contributed by atoms with Crippen molar-refractivity contribution in [2.24, 2.45) is 5.92 Å². The van der Waals surface area contributed by atoms with Gasteiger partial charge in [0.2, 0.25) is 5.91 Å². The first-order valence-electron chi connectivity index (χ1n) is 7.41. The number of fused-ring (bicyclic) bond motifs is 1. The Labute approximate surface area is 120 Å². The zero-order valence-corrected chi connectivity index (χ0v) is 12.0. The Morgan fingerprint density at radius 3 is 3.05 bits per heavy atom. The molecule has 0 radical (unpaired) electrons. The summed E-state index contributed by atoms with van der Waals surface area (Å²) in [4.78, 5) is 14.5. The number of para-hydroxylation sites is 1. The van der Waals surface area contributed by atoms with Crippen molar-refractivity contribution in [3.63, 3.8) is 0 Å². The lowest BCUT2D eigenvalue weighted by Crippen LogP contribution is -2.41.